The summed E-state index contributed by atoms with van der Waals surface area (Å²) in [7, 11) is 0. The van der Waals surface area contributed by atoms with E-state index in [4.69, 9.17) is 5.73 Å². The van der Waals surface area contributed by atoms with Gasteiger partial charge in [-0.2, -0.15) is 15.0 Å². The lowest BCUT2D eigenvalue weighted by Gasteiger charge is -2.18. The summed E-state index contributed by atoms with van der Waals surface area (Å²) < 4.78 is 0. The van der Waals surface area contributed by atoms with E-state index in [1.807, 2.05) is 30.3 Å². The van der Waals surface area contributed by atoms with Crippen molar-refractivity contribution in [1.82, 2.24) is 15.0 Å². The summed E-state index contributed by atoms with van der Waals surface area (Å²) in [5.41, 5.74) is 7.06. The van der Waals surface area contributed by atoms with E-state index in [0.29, 0.717) is 13.0 Å². The van der Waals surface area contributed by atoms with Crippen LogP contribution in [0.15, 0.2) is 42.7 Å². The summed E-state index contributed by atoms with van der Waals surface area (Å²) >= 11 is 0. The smallest absolute Gasteiger partial charge is 0.0907 e. The number of hydrogen-bond donors (Lipinski definition) is 2. The number of benzene rings is 1. The second kappa shape index (κ2) is 5.56. The minimum Gasteiger partial charge on any atom is -0.389 e. The Hall–Kier alpha value is -1.72. The summed E-state index contributed by atoms with van der Waals surface area (Å²) in [5, 5.41) is 17.8. The molecule has 2 atom stereocenters. The number of nitrogens with two attached hydrogens (primary N) is 1. The highest BCUT2D eigenvalue weighted by Crippen LogP contribution is 2.05. The molecular weight excluding hydrogens is 216 g/mol. The van der Waals surface area contributed by atoms with E-state index in [1.165, 1.54) is 4.80 Å². The van der Waals surface area contributed by atoms with Gasteiger partial charge in [0.15, 0.2) is 0 Å². The van der Waals surface area contributed by atoms with Crippen LogP contribution in [0.1, 0.15) is 5.56 Å². The van der Waals surface area contributed by atoms with Gasteiger partial charge in [0.25, 0.3) is 0 Å². The highest BCUT2D eigenvalue weighted by molar-refractivity contribution is 5.16. The number of aliphatic hydroxyl groups is 1. The summed E-state index contributed by atoms with van der Waals surface area (Å²) in [6, 6.07) is 9.56. The molecule has 0 aliphatic heterocycles. The first-order chi connectivity index (χ1) is 8.25. The molecule has 0 aliphatic rings. The zero-order valence-corrected chi connectivity index (χ0v) is 9.48. The average molecular weight is 232 g/mol. The molecule has 0 radical (unpaired) electrons. The molecule has 17 heavy (non-hydrogen) atoms. The molecule has 0 fully saturated rings. The predicted molar refractivity (Wildman–Crippen MR) is 64.2 cm³/mol. The number of hydrogen-bond acceptors (Lipinski definition) is 4. The lowest BCUT2D eigenvalue weighted by atomic mass is 10.0. The van der Waals surface area contributed by atoms with Gasteiger partial charge in [-0.15, -0.1) is 0 Å². The summed E-state index contributed by atoms with van der Waals surface area (Å²) in [5.74, 6) is 0. The fraction of sp³-hybridized carbons (Fsp3) is 0.333. The number of rotatable bonds is 5. The predicted octanol–water partition coefficient (Wildman–Crippen LogP) is 0.209. The Balaban J connectivity index is 1.89. The molecule has 1 aromatic carbocycles. The van der Waals surface area contributed by atoms with Crippen molar-refractivity contribution in [3.8, 4) is 0 Å². The highest BCUT2D eigenvalue weighted by Gasteiger charge is 2.16. The molecule has 0 bridgehead atoms. The van der Waals surface area contributed by atoms with Gasteiger partial charge in [-0.25, -0.2) is 0 Å². The monoisotopic (exact) mass is 232 g/mol. The number of aromatic nitrogens is 3. The zero-order valence-electron chi connectivity index (χ0n) is 9.48. The van der Waals surface area contributed by atoms with E-state index in [2.05, 4.69) is 10.2 Å². The third-order valence-electron chi connectivity index (χ3n) is 2.63. The molecule has 2 rings (SSSR count). The van der Waals surface area contributed by atoms with Crippen molar-refractivity contribution in [2.24, 2.45) is 5.73 Å². The van der Waals surface area contributed by atoms with Crippen molar-refractivity contribution in [2.45, 2.75) is 25.1 Å². The third kappa shape index (κ3) is 3.37. The molecule has 2 aromatic rings. The van der Waals surface area contributed by atoms with Crippen LogP contribution in [-0.4, -0.2) is 32.2 Å². The Morgan fingerprint density at radius 3 is 2.47 bits per heavy atom. The normalized spacial score (nSPS) is 14.5. The van der Waals surface area contributed by atoms with E-state index in [0.717, 1.165) is 5.56 Å². The first kappa shape index (κ1) is 11.8. The zero-order chi connectivity index (χ0) is 12.1. The number of nitrogens with zero attached hydrogens (tertiary/aromatic N) is 3. The van der Waals surface area contributed by atoms with Crippen LogP contribution in [0.5, 0.6) is 0 Å². The molecule has 0 aliphatic carbocycles. The fourth-order valence-electron chi connectivity index (χ4n) is 1.66. The van der Waals surface area contributed by atoms with Crippen LogP contribution in [0.25, 0.3) is 0 Å². The van der Waals surface area contributed by atoms with Crippen LogP contribution < -0.4 is 5.73 Å². The molecule has 0 spiro atoms. The fourth-order valence-corrected chi connectivity index (χ4v) is 1.66. The SMILES string of the molecule is N[C@H](Cc1ccccc1)[C@@H](O)Cn1nccn1. The van der Waals surface area contributed by atoms with Gasteiger partial charge in [-0.05, 0) is 12.0 Å². The Kier molecular flexibility index (Phi) is 3.85. The maximum absolute atomic E-state index is 9.92. The Bertz CT molecular complexity index is 429. The second-order valence-corrected chi connectivity index (χ2v) is 4.00. The van der Waals surface area contributed by atoms with E-state index in [-0.39, 0.29) is 6.04 Å². The Morgan fingerprint density at radius 1 is 1.18 bits per heavy atom. The van der Waals surface area contributed by atoms with Gasteiger partial charge < -0.3 is 10.8 Å². The van der Waals surface area contributed by atoms with E-state index < -0.39 is 6.10 Å². The van der Waals surface area contributed by atoms with Crippen LogP contribution in [0, 0.1) is 0 Å². The van der Waals surface area contributed by atoms with E-state index >= 15 is 0 Å². The molecule has 1 heterocycles. The van der Waals surface area contributed by atoms with Crippen LogP contribution in [-0.2, 0) is 13.0 Å². The molecule has 5 nitrogen and oxygen atoms in total. The van der Waals surface area contributed by atoms with Gasteiger partial charge in [0.2, 0.25) is 0 Å². The minimum atomic E-state index is -0.650. The number of aliphatic hydroxyl groups excluding tert-OH is 1. The quantitative estimate of drug-likeness (QED) is 0.772. The Morgan fingerprint density at radius 2 is 1.82 bits per heavy atom. The van der Waals surface area contributed by atoms with Crippen LogP contribution in [0.3, 0.4) is 0 Å². The van der Waals surface area contributed by atoms with Crippen molar-refractivity contribution >= 4 is 0 Å². The van der Waals surface area contributed by atoms with Gasteiger partial charge in [0.1, 0.15) is 0 Å². The molecule has 0 unspecified atom stereocenters. The van der Waals surface area contributed by atoms with Crippen LogP contribution in [0.4, 0.5) is 0 Å². The maximum Gasteiger partial charge on any atom is 0.0907 e. The van der Waals surface area contributed by atoms with Crippen molar-refractivity contribution in [1.29, 1.82) is 0 Å². The molecule has 5 heteroatoms. The maximum atomic E-state index is 9.92. The largest absolute Gasteiger partial charge is 0.389 e. The first-order valence-corrected chi connectivity index (χ1v) is 5.57. The van der Waals surface area contributed by atoms with Gasteiger partial charge >= 0.3 is 0 Å². The molecule has 0 amide bonds. The van der Waals surface area contributed by atoms with E-state index in [9.17, 15) is 5.11 Å². The van der Waals surface area contributed by atoms with Crippen molar-refractivity contribution in [2.75, 3.05) is 0 Å². The first-order valence-electron chi connectivity index (χ1n) is 5.57. The Labute approximate surface area is 99.9 Å². The second-order valence-electron chi connectivity index (χ2n) is 4.00. The summed E-state index contributed by atoms with van der Waals surface area (Å²) in [6.45, 7) is 0.320. The highest BCUT2D eigenvalue weighted by atomic mass is 16.3. The minimum absolute atomic E-state index is 0.316. The molecule has 0 saturated heterocycles. The van der Waals surface area contributed by atoms with Crippen molar-refractivity contribution < 1.29 is 5.11 Å². The van der Waals surface area contributed by atoms with Gasteiger partial charge in [-0.1, -0.05) is 30.3 Å². The summed E-state index contributed by atoms with van der Waals surface area (Å²) in [6.07, 6.45) is 3.15. The lowest BCUT2D eigenvalue weighted by Crippen LogP contribution is -2.39. The van der Waals surface area contributed by atoms with Gasteiger partial charge in [-0.3, -0.25) is 0 Å². The molecule has 1 aromatic heterocycles. The average Bonchev–Trinajstić information content (AvgIpc) is 2.83. The van der Waals surface area contributed by atoms with Crippen molar-refractivity contribution in [3.63, 3.8) is 0 Å². The van der Waals surface area contributed by atoms with Crippen molar-refractivity contribution in [3.05, 3.63) is 48.3 Å². The molecule has 0 saturated carbocycles. The topological polar surface area (TPSA) is 77.0 Å². The van der Waals surface area contributed by atoms with Gasteiger partial charge in [0, 0.05) is 6.04 Å². The molecular formula is C12H16N4O. The standard InChI is InChI=1S/C12H16N4O/c13-11(8-10-4-2-1-3-5-10)12(17)9-16-14-6-7-15-16/h1-7,11-12,17H,8-9,13H2/t11-,12+/m1/s1. The lowest BCUT2D eigenvalue weighted by molar-refractivity contribution is 0.115. The summed E-state index contributed by atoms with van der Waals surface area (Å²) in [4.78, 5) is 1.44. The van der Waals surface area contributed by atoms with E-state index in [1.54, 1.807) is 12.4 Å². The molecule has 90 valence electrons. The van der Waals surface area contributed by atoms with Crippen LogP contribution >= 0.6 is 0 Å². The van der Waals surface area contributed by atoms with Gasteiger partial charge in [0.05, 0.1) is 25.0 Å². The molecule has 3 N–H and O–H groups in total. The third-order valence-corrected chi connectivity index (χ3v) is 2.63. The van der Waals surface area contributed by atoms with Crippen LogP contribution in [0.2, 0.25) is 0 Å².